The Balaban J connectivity index is 2.11. The number of fused-ring (bicyclic) bond motifs is 1. The zero-order valence-corrected chi connectivity index (χ0v) is 12.3. The van der Waals surface area contributed by atoms with E-state index >= 15 is 0 Å². The number of ether oxygens (including phenoxy) is 1. The topological polar surface area (TPSA) is 25.4 Å². The largest absolute Gasteiger partial charge is 0.494 e. The Morgan fingerprint density at radius 1 is 1.33 bits per heavy atom. The first-order valence-electron chi connectivity index (χ1n) is 6.27. The second kappa shape index (κ2) is 5.57. The van der Waals surface area contributed by atoms with Crippen molar-refractivity contribution in [2.45, 2.75) is 20.3 Å². The zero-order chi connectivity index (χ0) is 13.1. The van der Waals surface area contributed by atoms with Gasteiger partial charge in [-0.25, -0.2) is 4.98 Å². The summed E-state index contributed by atoms with van der Waals surface area (Å²) in [6.45, 7) is 5.18. The van der Waals surface area contributed by atoms with Gasteiger partial charge in [0.25, 0.3) is 0 Å². The van der Waals surface area contributed by atoms with E-state index in [1.54, 1.807) is 11.3 Å². The van der Waals surface area contributed by atoms with Crippen LogP contribution in [0.2, 0.25) is 0 Å². The van der Waals surface area contributed by atoms with Crippen LogP contribution in [0.3, 0.4) is 0 Å². The quantitative estimate of drug-likeness (QED) is 0.821. The van der Waals surface area contributed by atoms with Gasteiger partial charge in [-0.1, -0.05) is 25.2 Å². The number of rotatable bonds is 5. The standard InChI is InChI=1S/C14H20N2OS/c1-10(2)7-8-17-11-5-6-13-12(9-11)15-14(18-13)16(3)4/h5-6,9-10H,7-8H2,1-4H3. The third-order valence-corrected chi connectivity index (χ3v) is 3.90. The lowest BCUT2D eigenvalue weighted by molar-refractivity contribution is 0.290. The first-order valence-corrected chi connectivity index (χ1v) is 7.08. The molecule has 98 valence electrons. The molecule has 2 rings (SSSR count). The van der Waals surface area contributed by atoms with Crippen molar-refractivity contribution in [3.63, 3.8) is 0 Å². The van der Waals surface area contributed by atoms with Gasteiger partial charge in [-0.2, -0.15) is 0 Å². The molecule has 0 unspecified atom stereocenters. The van der Waals surface area contributed by atoms with Crippen LogP contribution in [0, 0.1) is 5.92 Å². The van der Waals surface area contributed by atoms with Crippen LogP contribution in [0.25, 0.3) is 10.2 Å². The predicted molar refractivity (Wildman–Crippen MR) is 78.9 cm³/mol. The molecule has 0 radical (unpaired) electrons. The molecule has 0 spiro atoms. The number of anilines is 1. The van der Waals surface area contributed by atoms with Crippen LogP contribution in [0.15, 0.2) is 18.2 Å². The van der Waals surface area contributed by atoms with E-state index in [-0.39, 0.29) is 0 Å². The number of aromatic nitrogens is 1. The second-order valence-electron chi connectivity index (χ2n) is 5.05. The van der Waals surface area contributed by atoms with Gasteiger partial charge in [-0.15, -0.1) is 0 Å². The van der Waals surface area contributed by atoms with E-state index in [1.165, 1.54) is 4.70 Å². The first kappa shape index (κ1) is 13.1. The minimum atomic E-state index is 0.674. The highest BCUT2D eigenvalue weighted by Crippen LogP contribution is 2.30. The van der Waals surface area contributed by atoms with E-state index in [0.29, 0.717) is 5.92 Å². The lowest BCUT2D eigenvalue weighted by Crippen LogP contribution is -2.07. The van der Waals surface area contributed by atoms with Gasteiger partial charge in [0.1, 0.15) is 5.75 Å². The lowest BCUT2D eigenvalue weighted by atomic mass is 10.1. The van der Waals surface area contributed by atoms with Crippen molar-refractivity contribution >= 4 is 26.7 Å². The molecular formula is C14H20N2OS. The van der Waals surface area contributed by atoms with E-state index in [2.05, 4.69) is 24.9 Å². The van der Waals surface area contributed by atoms with Crippen LogP contribution in [-0.4, -0.2) is 25.7 Å². The van der Waals surface area contributed by atoms with Gasteiger partial charge in [0.15, 0.2) is 5.13 Å². The highest BCUT2D eigenvalue weighted by atomic mass is 32.1. The minimum absolute atomic E-state index is 0.674. The van der Waals surface area contributed by atoms with Crippen LogP contribution in [0.1, 0.15) is 20.3 Å². The molecule has 4 heteroatoms. The maximum absolute atomic E-state index is 5.75. The Morgan fingerprint density at radius 2 is 2.11 bits per heavy atom. The van der Waals surface area contributed by atoms with Crippen LogP contribution in [0.4, 0.5) is 5.13 Å². The molecule has 0 amide bonds. The SMILES string of the molecule is CC(C)CCOc1ccc2sc(N(C)C)nc2c1. The fourth-order valence-electron chi connectivity index (χ4n) is 1.59. The average Bonchev–Trinajstić information content (AvgIpc) is 2.71. The van der Waals surface area contributed by atoms with Gasteiger partial charge < -0.3 is 9.64 Å². The molecule has 0 aliphatic carbocycles. The van der Waals surface area contributed by atoms with E-state index in [1.807, 2.05) is 31.1 Å². The molecule has 18 heavy (non-hydrogen) atoms. The minimum Gasteiger partial charge on any atom is -0.494 e. The van der Waals surface area contributed by atoms with E-state index in [4.69, 9.17) is 4.74 Å². The molecule has 0 saturated heterocycles. The predicted octanol–water partition coefficient (Wildman–Crippen LogP) is 3.79. The molecule has 3 nitrogen and oxygen atoms in total. The van der Waals surface area contributed by atoms with Gasteiger partial charge >= 0.3 is 0 Å². The van der Waals surface area contributed by atoms with Crippen molar-refractivity contribution in [1.29, 1.82) is 0 Å². The third kappa shape index (κ3) is 3.13. The summed E-state index contributed by atoms with van der Waals surface area (Å²) in [6.07, 6.45) is 1.08. The van der Waals surface area contributed by atoms with Crippen LogP contribution in [0.5, 0.6) is 5.75 Å². The molecule has 0 bridgehead atoms. The van der Waals surface area contributed by atoms with Crippen molar-refractivity contribution in [2.75, 3.05) is 25.6 Å². The van der Waals surface area contributed by atoms with Gasteiger partial charge in [-0.3, -0.25) is 0 Å². The molecule has 2 aromatic rings. The Hall–Kier alpha value is -1.29. The molecule has 0 saturated carbocycles. The summed E-state index contributed by atoms with van der Waals surface area (Å²) in [6, 6.07) is 6.14. The lowest BCUT2D eigenvalue weighted by Gasteiger charge is -2.07. The highest BCUT2D eigenvalue weighted by molar-refractivity contribution is 7.22. The normalized spacial score (nSPS) is 11.2. The van der Waals surface area contributed by atoms with Crippen molar-refractivity contribution in [2.24, 2.45) is 5.92 Å². The second-order valence-corrected chi connectivity index (χ2v) is 6.06. The van der Waals surface area contributed by atoms with E-state index in [9.17, 15) is 0 Å². The van der Waals surface area contributed by atoms with E-state index < -0.39 is 0 Å². The summed E-state index contributed by atoms with van der Waals surface area (Å²) < 4.78 is 6.95. The molecule has 0 atom stereocenters. The smallest absolute Gasteiger partial charge is 0.185 e. The van der Waals surface area contributed by atoms with Gasteiger partial charge in [0.2, 0.25) is 0 Å². The number of hydrogen-bond acceptors (Lipinski definition) is 4. The summed E-state index contributed by atoms with van der Waals surface area (Å²) in [4.78, 5) is 6.61. The first-order chi connectivity index (χ1) is 8.56. The Morgan fingerprint density at radius 3 is 2.78 bits per heavy atom. The average molecular weight is 264 g/mol. The maximum Gasteiger partial charge on any atom is 0.185 e. The summed E-state index contributed by atoms with van der Waals surface area (Å²) in [5, 5.41) is 1.03. The molecule has 1 aromatic heterocycles. The summed E-state index contributed by atoms with van der Waals surface area (Å²) in [5.74, 6) is 1.59. The fourth-order valence-corrected chi connectivity index (χ4v) is 2.46. The van der Waals surface area contributed by atoms with Crippen LogP contribution >= 0.6 is 11.3 Å². The Kier molecular flexibility index (Phi) is 4.07. The van der Waals surface area contributed by atoms with E-state index in [0.717, 1.165) is 29.4 Å². The fraction of sp³-hybridized carbons (Fsp3) is 0.500. The molecule has 0 fully saturated rings. The molecular weight excluding hydrogens is 244 g/mol. The molecule has 0 N–H and O–H groups in total. The van der Waals surface area contributed by atoms with Crippen molar-refractivity contribution in [3.8, 4) is 5.75 Å². The van der Waals surface area contributed by atoms with Gasteiger partial charge in [0, 0.05) is 20.2 Å². The number of nitrogens with zero attached hydrogens (tertiary/aromatic N) is 2. The summed E-state index contributed by atoms with van der Waals surface area (Å²) >= 11 is 1.70. The number of thiazole rings is 1. The Labute approximate surface area is 112 Å². The zero-order valence-electron chi connectivity index (χ0n) is 11.4. The molecule has 0 aliphatic heterocycles. The third-order valence-electron chi connectivity index (χ3n) is 2.69. The highest BCUT2D eigenvalue weighted by Gasteiger charge is 2.06. The van der Waals surface area contributed by atoms with Crippen molar-refractivity contribution < 1.29 is 4.74 Å². The summed E-state index contributed by atoms with van der Waals surface area (Å²) in [5.41, 5.74) is 1.02. The van der Waals surface area contributed by atoms with Crippen LogP contribution < -0.4 is 9.64 Å². The molecule has 1 aromatic carbocycles. The molecule has 1 heterocycles. The van der Waals surface area contributed by atoms with Gasteiger partial charge in [0.05, 0.1) is 16.8 Å². The molecule has 0 aliphatic rings. The number of benzene rings is 1. The van der Waals surface area contributed by atoms with Crippen molar-refractivity contribution in [3.05, 3.63) is 18.2 Å². The summed E-state index contributed by atoms with van der Waals surface area (Å²) in [7, 11) is 4.02. The van der Waals surface area contributed by atoms with Crippen molar-refractivity contribution in [1.82, 2.24) is 4.98 Å². The monoisotopic (exact) mass is 264 g/mol. The Bertz CT molecular complexity index is 519. The number of hydrogen-bond donors (Lipinski definition) is 0. The van der Waals surface area contributed by atoms with Gasteiger partial charge in [-0.05, 0) is 24.5 Å². The maximum atomic E-state index is 5.75. The van der Waals surface area contributed by atoms with Crippen LogP contribution in [-0.2, 0) is 0 Å².